The average molecular weight is 407 g/mol. The third-order valence-electron chi connectivity index (χ3n) is 5.25. The fourth-order valence-electron chi connectivity index (χ4n) is 3.69. The van der Waals surface area contributed by atoms with Crippen molar-refractivity contribution in [1.29, 1.82) is 0 Å². The van der Waals surface area contributed by atoms with E-state index >= 15 is 0 Å². The number of carbonyl (C=O) groups is 1. The molecule has 0 radical (unpaired) electrons. The molecule has 3 aromatic rings. The normalized spacial score (nSPS) is 16.1. The zero-order chi connectivity index (χ0) is 20.2. The quantitative estimate of drug-likeness (QED) is 0.477. The smallest absolute Gasteiger partial charge is 0.235 e. The van der Waals surface area contributed by atoms with Crippen LogP contribution in [-0.4, -0.2) is 57.1 Å². The Labute approximate surface area is 176 Å². The van der Waals surface area contributed by atoms with E-state index < -0.39 is 0 Å². The third-order valence-corrected chi connectivity index (χ3v) is 6.34. The predicted octanol–water partition coefficient (Wildman–Crippen LogP) is 3.76. The molecule has 29 heavy (non-hydrogen) atoms. The molecule has 5 nitrogen and oxygen atoms in total. The van der Waals surface area contributed by atoms with Crippen LogP contribution in [-0.2, 0) is 11.3 Å². The molecular weight excluding hydrogens is 380 g/mol. The molecule has 1 amide bonds. The van der Waals surface area contributed by atoms with Crippen molar-refractivity contribution in [2.75, 3.05) is 26.2 Å². The predicted molar refractivity (Wildman–Crippen MR) is 118 cm³/mol. The molecule has 0 aliphatic carbocycles. The molecule has 1 saturated heterocycles. The van der Waals surface area contributed by atoms with E-state index in [0.29, 0.717) is 0 Å². The van der Waals surface area contributed by atoms with E-state index in [1.54, 1.807) is 0 Å². The Bertz CT molecular complexity index is 987. The lowest BCUT2D eigenvalue weighted by Gasteiger charge is -2.35. The number of aromatic nitrogens is 2. The number of aryl methyl sites for hydroxylation is 1. The summed E-state index contributed by atoms with van der Waals surface area (Å²) in [4.78, 5) is 26.5. The summed E-state index contributed by atoms with van der Waals surface area (Å²) in [5.41, 5.74) is 2.25. The van der Waals surface area contributed by atoms with E-state index in [0.717, 1.165) is 54.5 Å². The number of nitrogens with zero attached hydrogens (tertiary/aromatic N) is 4. The SMILES string of the molecule is Cc1nc(S[C@H](C)C(=O)N2CCN(Cc3ccccc3)CC2)c2ccccc2n1. The number of para-hydroxylation sites is 1. The van der Waals surface area contributed by atoms with Crippen molar-refractivity contribution >= 4 is 28.6 Å². The molecule has 2 heterocycles. The first-order valence-electron chi connectivity index (χ1n) is 10.1. The molecular formula is C23H26N4OS. The van der Waals surface area contributed by atoms with Gasteiger partial charge in [0.1, 0.15) is 10.9 Å². The van der Waals surface area contributed by atoms with Crippen LogP contribution in [0.3, 0.4) is 0 Å². The van der Waals surface area contributed by atoms with Crippen LogP contribution in [0.5, 0.6) is 0 Å². The molecule has 1 aliphatic rings. The number of rotatable bonds is 5. The third kappa shape index (κ3) is 4.77. The van der Waals surface area contributed by atoms with Gasteiger partial charge in [-0.2, -0.15) is 0 Å². The highest BCUT2D eigenvalue weighted by Crippen LogP contribution is 2.29. The summed E-state index contributed by atoms with van der Waals surface area (Å²) >= 11 is 1.54. The van der Waals surface area contributed by atoms with Gasteiger partial charge in [-0.25, -0.2) is 9.97 Å². The first kappa shape index (κ1) is 19.9. The molecule has 0 saturated carbocycles. The summed E-state index contributed by atoms with van der Waals surface area (Å²) in [6.07, 6.45) is 0. The fourth-order valence-corrected chi connectivity index (χ4v) is 4.76. The molecule has 0 N–H and O–H groups in total. The van der Waals surface area contributed by atoms with E-state index in [2.05, 4.69) is 39.1 Å². The molecule has 2 aromatic carbocycles. The average Bonchev–Trinajstić information content (AvgIpc) is 2.74. The standard InChI is InChI=1S/C23H26N4OS/c1-17(29-22-20-10-6-7-11-21(20)24-18(2)25-22)23(28)27-14-12-26(13-15-27)16-19-8-4-3-5-9-19/h3-11,17H,12-16H2,1-2H3/t17-/m1/s1. The van der Waals surface area contributed by atoms with Crippen LogP contribution in [0, 0.1) is 6.92 Å². The minimum Gasteiger partial charge on any atom is -0.339 e. The number of thioether (sulfide) groups is 1. The van der Waals surface area contributed by atoms with Gasteiger partial charge in [-0.05, 0) is 25.5 Å². The van der Waals surface area contributed by atoms with Gasteiger partial charge in [-0.3, -0.25) is 9.69 Å². The molecule has 150 valence electrons. The van der Waals surface area contributed by atoms with Crippen molar-refractivity contribution in [3.63, 3.8) is 0 Å². The number of piperazine rings is 1. The minimum atomic E-state index is -0.173. The second-order valence-corrected chi connectivity index (χ2v) is 8.77. The number of amides is 1. The van der Waals surface area contributed by atoms with Crippen LogP contribution >= 0.6 is 11.8 Å². The van der Waals surface area contributed by atoms with E-state index in [1.807, 2.05) is 49.1 Å². The van der Waals surface area contributed by atoms with Gasteiger partial charge in [-0.1, -0.05) is 60.3 Å². The first-order chi connectivity index (χ1) is 14.1. The summed E-state index contributed by atoms with van der Waals surface area (Å²) in [5, 5.41) is 1.72. The van der Waals surface area contributed by atoms with Crippen molar-refractivity contribution in [1.82, 2.24) is 19.8 Å². The van der Waals surface area contributed by atoms with Gasteiger partial charge in [-0.15, -0.1) is 0 Å². The summed E-state index contributed by atoms with van der Waals surface area (Å²) in [5.74, 6) is 0.926. The second kappa shape index (κ2) is 8.93. The number of hydrogen-bond donors (Lipinski definition) is 0. The second-order valence-electron chi connectivity index (χ2n) is 7.44. The zero-order valence-corrected chi connectivity index (χ0v) is 17.7. The van der Waals surface area contributed by atoms with Crippen molar-refractivity contribution in [2.45, 2.75) is 30.7 Å². The summed E-state index contributed by atoms with van der Waals surface area (Å²) in [6, 6.07) is 18.5. The van der Waals surface area contributed by atoms with E-state index in [9.17, 15) is 4.79 Å². The van der Waals surface area contributed by atoms with E-state index in [-0.39, 0.29) is 11.2 Å². The van der Waals surface area contributed by atoms with Gasteiger partial charge in [0.25, 0.3) is 0 Å². The first-order valence-corrected chi connectivity index (χ1v) is 10.9. The maximum atomic E-state index is 13.0. The molecule has 4 rings (SSSR count). The van der Waals surface area contributed by atoms with Crippen LogP contribution in [0.15, 0.2) is 59.6 Å². The highest BCUT2D eigenvalue weighted by molar-refractivity contribution is 8.00. The number of benzene rings is 2. The van der Waals surface area contributed by atoms with Crippen molar-refractivity contribution < 1.29 is 4.79 Å². The maximum absolute atomic E-state index is 13.0. The van der Waals surface area contributed by atoms with Gasteiger partial charge in [0, 0.05) is 38.1 Å². The number of hydrogen-bond acceptors (Lipinski definition) is 5. The molecule has 1 aliphatic heterocycles. The Morgan fingerprint density at radius 2 is 1.69 bits per heavy atom. The highest BCUT2D eigenvalue weighted by atomic mass is 32.2. The van der Waals surface area contributed by atoms with Crippen LogP contribution in [0.2, 0.25) is 0 Å². The van der Waals surface area contributed by atoms with E-state index in [4.69, 9.17) is 0 Å². The Kier molecular flexibility index (Phi) is 6.11. The van der Waals surface area contributed by atoms with Crippen molar-refractivity contribution in [2.24, 2.45) is 0 Å². The van der Waals surface area contributed by atoms with Crippen molar-refractivity contribution in [3.05, 3.63) is 66.0 Å². The van der Waals surface area contributed by atoms with Gasteiger partial charge >= 0.3 is 0 Å². The summed E-state index contributed by atoms with van der Waals surface area (Å²) in [7, 11) is 0. The minimum absolute atomic E-state index is 0.173. The molecule has 0 unspecified atom stereocenters. The van der Waals surface area contributed by atoms with Gasteiger partial charge in [0.2, 0.25) is 5.91 Å². The fraction of sp³-hybridized carbons (Fsp3) is 0.348. The Morgan fingerprint density at radius 1 is 1.00 bits per heavy atom. The highest BCUT2D eigenvalue weighted by Gasteiger charge is 2.26. The molecule has 1 fully saturated rings. The molecule has 0 bridgehead atoms. The van der Waals surface area contributed by atoms with Crippen LogP contribution < -0.4 is 0 Å². The number of fused-ring (bicyclic) bond motifs is 1. The van der Waals surface area contributed by atoms with Crippen LogP contribution in [0.25, 0.3) is 10.9 Å². The van der Waals surface area contributed by atoms with Gasteiger partial charge in [0.05, 0.1) is 10.8 Å². The monoisotopic (exact) mass is 406 g/mol. The topological polar surface area (TPSA) is 49.3 Å². The van der Waals surface area contributed by atoms with Crippen molar-refractivity contribution in [3.8, 4) is 0 Å². The maximum Gasteiger partial charge on any atom is 0.235 e. The zero-order valence-electron chi connectivity index (χ0n) is 16.9. The van der Waals surface area contributed by atoms with Gasteiger partial charge < -0.3 is 4.90 Å². The molecule has 6 heteroatoms. The van der Waals surface area contributed by atoms with Crippen LogP contribution in [0.4, 0.5) is 0 Å². The lowest BCUT2D eigenvalue weighted by molar-refractivity contribution is -0.132. The largest absolute Gasteiger partial charge is 0.339 e. The Hall–Kier alpha value is -2.44. The molecule has 0 spiro atoms. The molecule has 1 atom stereocenters. The molecule has 1 aromatic heterocycles. The summed E-state index contributed by atoms with van der Waals surface area (Å²) in [6.45, 7) is 8.20. The summed E-state index contributed by atoms with van der Waals surface area (Å²) < 4.78 is 0. The van der Waals surface area contributed by atoms with Gasteiger partial charge in [0.15, 0.2) is 0 Å². The van der Waals surface area contributed by atoms with E-state index in [1.165, 1.54) is 17.3 Å². The van der Waals surface area contributed by atoms with Crippen LogP contribution in [0.1, 0.15) is 18.3 Å². The Balaban J connectivity index is 1.37. The Morgan fingerprint density at radius 3 is 2.45 bits per heavy atom. The number of carbonyl (C=O) groups excluding carboxylic acids is 1. The lowest BCUT2D eigenvalue weighted by Crippen LogP contribution is -2.50. The lowest BCUT2D eigenvalue weighted by atomic mass is 10.2.